The molecular weight excluding hydrogens is 647 g/mol. The lowest BCUT2D eigenvalue weighted by Gasteiger charge is -2.35. The van der Waals surface area contributed by atoms with Gasteiger partial charge in [0.25, 0.3) is 5.91 Å². The van der Waals surface area contributed by atoms with E-state index in [-0.39, 0.29) is 27.6 Å². The van der Waals surface area contributed by atoms with Crippen LogP contribution in [-0.4, -0.2) is 48.6 Å². The Morgan fingerprint density at radius 2 is 1.73 bits per heavy atom. The van der Waals surface area contributed by atoms with Gasteiger partial charge in [-0.15, -0.1) is 0 Å². The van der Waals surface area contributed by atoms with Crippen molar-refractivity contribution in [2.24, 2.45) is 0 Å². The molecule has 2 aromatic carbocycles. The van der Waals surface area contributed by atoms with Crippen LogP contribution in [0, 0.1) is 0 Å². The number of aryl methyl sites for hydroxylation is 1. The van der Waals surface area contributed by atoms with Crippen LogP contribution in [0.15, 0.2) is 79.3 Å². The quantitative estimate of drug-likeness (QED) is 0.168. The number of fused-ring (bicyclic) bond motifs is 2. The van der Waals surface area contributed by atoms with E-state index in [9.17, 15) is 9.59 Å². The first-order valence-electron chi connectivity index (χ1n) is 16.1. The second-order valence-electron chi connectivity index (χ2n) is 13.0. The third-order valence-corrected chi connectivity index (χ3v) is 8.97. The van der Waals surface area contributed by atoms with Crippen LogP contribution in [0.3, 0.4) is 0 Å². The number of amides is 1. The van der Waals surface area contributed by atoms with Crippen LogP contribution in [0.5, 0.6) is 0 Å². The second-order valence-corrected chi connectivity index (χ2v) is 13.8. The number of hydrogen-bond acceptors (Lipinski definition) is 7. The molecule has 0 bridgehead atoms. The molecule has 0 radical (unpaired) electrons. The first-order chi connectivity index (χ1) is 23.1. The summed E-state index contributed by atoms with van der Waals surface area (Å²) in [5.74, 6) is 0.278. The molecule has 48 heavy (non-hydrogen) atoms. The highest BCUT2D eigenvalue weighted by molar-refractivity contribution is 6.39. The smallest absolute Gasteiger partial charge is 0.420 e. The maximum Gasteiger partial charge on any atom is 0.420 e. The van der Waals surface area contributed by atoms with Crippen LogP contribution < -0.4 is 5.32 Å². The Hall–Kier alpha value is -4.31. The predicted octanol–water partition coefficient (Wildman–Crippen LogP) is 7.97. The van der Waals surface area contributed by atoms with E-state index in [4.69, 9.17) is 37.9 Å². The summed E-state index contributed by atoms with van der Waals surface area (Å²) in [6.45, 7) is 7.09. The van der Waals surface area contributed by atoms with E-state index in [1.165, 1.54) is 18.0 Å². The number of halogens is 2. The number of aromatic nitrogens is 4. The Morgan fingerprint density at radius 1 is 1.00 bits per heavy atom. The highest BCUT2D eigenvalue weighted by atomic mass is 35.5. The lowest BCUT2D eigenvalue weighted by Crippen LogP contribution is -2.35. The molecule has 0 saturated carbocycles. The number of ether oxygens (including phenoxy) is 1. The number of carbonyl (C=O) groups is 2. The number of hydrogen-bond donors (Lipinski definition) is 1. The predicted molar refractivity (Wildman–Crippen MR) is 187 cm³/mol. The Bertz CT molecular complexity index is 1920. The summed E-state index contributed by atoms with van der Waals surface area (Å²) >= 11 is 12.3. The zero-order valence-electron chi connectivity index (χ0n) is 27.2. The molecule has 0 saturated heterocycles. The fraction of sp³-hybridized carbons (Fsp3) is 0.324. The zero-order chi connectivity index (χ0) is 33.8. The molecule has 3 aromatic heterocycles. The molecule has 1 N–H and O–H groups in total. The molecule has 0 fully saturated rings. The number of rotatable bonds is 9. The summed E-state index contributed by atoms with van der Waals surface area (Å²) in [6.07, 6.45) is 8.00. The molecule has 6 rings (SSSR count). The van der Waals surface area contributed by atoms with Gasteiger partial charge in [-0.3, -0.25) is 19.7 Å². The van der Waals surface area contributed by atoms with Crippen molar-refractivity contribution < 1.29 is 14.3 Å². The highest BCUT2D eigenvalue weighted by Gasteiger charge is 2.30. The second kappa shape index (κ2) is 14.4. The van der Waals surface area contributed by atoms with Gasteiger partial charge in [0, 0.05) is 31.7 Å². The summed E-state index contributed by atoms with van der Waals surface area (Å²) < 4.78 is 7.45. The molecule has 5 aromatic rings. The van der Waals surface area contributed by atoms with Gasteiger partial charge in [0.2, 0.25) is 0 Å². The van der Waals surface area contributed by atoms with Crippen molar-refractivity contribution in [2.75, 3.05) is 6.54 Å². The van der Waals surface area contributed by atoms with Crippen molar-refractivity contribution in [3.63, 3.8) is 0 Å². The molecule has 248 valence electrons. The molecule has 11 heteroatoms. The van der Waals surface area contributed by atoms with E-state index in [2.05, 4.69) is 33.4 Å². The molecule has 1 amide bonds. The maximum atomic E-state index is 13.6. The Balaban J connectivity index is 1.23. The van der Waals surface area contributed by atoms with E-state index >= 15 is 0 Å². The summed E-state index contributed by atoms with van der Waals surface area (Å²) in [7, 11) is 0. The van der Waals surface area contributed by atoms with E-state index in [0.717, 1.165) is 53.5 Å². The maximum absolute atomic E-state index is 13.6. The van der Waals surface area contributed by atoms with Gasteiger partial charge in [-0.1, -0.05) is 65.7 Å². The largest absolute Gasteiger partial charge is 0.443 e. The first-order valence-corrected chi connectivity index (χ1v) is 16.9. The SMILES string of the molecule is CC(C)(C)OC(=O)n1c(CN(CCc2ccc(CNC(=O)c3c(Cl)cncc3Cl)cc2)C2CCCc3cccnc32)nc2ccccc21. The lowest BCUT2D eigenvalue weighted by atomic mass is 9.90. The van der Waals surface area contributed by atoms with E-state index in [1.807, 2.05) is 69.4 Å². The Kier molecular flexibility index (Phi) is 10.1. The third kappa shape index (κ3) is 7.70. The van der Waals surface area contributed by atoms with Crippen molar-refractivity contribution in [1.29, 1.82) is 0 Å². The number of nitrogens with zero attached hydrogens (tertiary/aromatic N) is 5. The Morgan fingerprint density at radius 3 is 2.48 bits per heavy atom. The molecule has 0 spiro atoms. The zero-order valence-corrected chi connectivity index (χ0v) is 28.8. The van der Waals surface area contributed by atoms with Gasteiger partial charge >= 0.3 is 6.09 Å². The Labute approximate surface area is 290 Å². The van der Waals surface area contributed by atoms with Gasteiger partial charge in [-0.05, 0) is 81.3 Å². The lowest BCUT2D eigenvalue weighted by molar-refractivity contribution is 0.0530. The topological polar surface area (TPSA) is 102 Å². The van der Waals surface area contributed by atoms with Gasteiger partial charge in [0.15, 0.2) is 0 Å². The van der Waals surface area contributed by atoms with Crippen molar-refractivity contribution in [3.05, 3.63) is 123 Å². The summed E-state index contributed by atoms with van der Waals surface area (Å²) in [4.78, 5) is 42.4. The number of nitrogens with one attached hydrogen (secondary N) is 1. The molecule has 1 atom stereocenters. The number of imidazole rings is 1. The monoisotopic (exact) mass is 684 g/mol. The summed E-state index contributed by atoms with van der Waals surface area (Å²) in [5.41, 5.74) is 5.47. The van der Waals surface area contributed by atoms with Crippen LogP contribution in [0.2, 0.25) is 10.0 Å². The minimum Gasteiger partial charge on any atom is -0.443 e. The molecule has 1 unspecified atom stereocenters. The summed E-state index contributed by atoms with van der Waals surface area (Å²) in [6, 6.07) is 20.1. The normalized spacial score (nSPS) is 14.6. The molecular formula is C37H38Cl2N6O3. The van der Waals surface area contributed by atoms with Gasteiger partial charge in [0.1, 0.15) is 11.4 Å². The van der Waals surface area contributed by atoms with Gasteiger partial charge in [0.05, 0.1) is 44.9 Å². The fourth-order valence-corrected chi connectivity index (χ4v) is 6.69. The molecule has 3 heterocycles. The average molecular weight is 686 g/mol. The van der Waals surface area contributed by atoms with E-state index < -0.39 is 11.7 Å². The van der Waals surface area contributed by atoms with Gasteiger partial charge in [-0.2, -0.15) is 0 Å². The van der Waals surface area contributed by atoms with Crippen molar-refractivity contribution in [1.82, 2.24) is 29.7 Å². The van der Waals surface area contributed by atoms with E-state index in [1.54, 1.807) is 4.57 Å². The van der Waals surface area contributed by atoms with Gasteiger partial charge < -0.3 is 10.1 Å². The van der Waals surface area contributed by atoms with E-state index in [0.29, 0.717) is 25.5 Å². The average Bonchev–Trinajstić information content (AvgIpc) is 3.43. The molecule has 1 aliphatic carbocycles. The summed E-state index contributed by atoms with van der Waals surface area (Å²) in [5, 5.41) is 3.30. The number of pyridine rings is 2. The molecule has 1 aliphatic rings. The highest BCUT2D eigenvalue weighted by Crippen LogP contribution is 2.34. The van der Waals surface area contributed by atoms with Crippen LogP contribution in [0.1, 0.15) is 78.2 Å². The van der Waals surface area contributed by atoms with Crippen molar-refractivity contribution >= 4 is 46.2 Å². The van der Waals surface area contributed by atoms with Crippen LogP contribution >= 0.6 is 23.2 Å². The first kappa shape index (κ1) is 33.6. The van der Waals surface area contributed by atoms with Crippen LogP contribution in [0.4, 0.5) is 4.79 Å². The van der Waals surface area contributed by atoms with Crippen molar-refractivity contribution in [2.45, 2.75) is 71.2 Å². The van der Waals surface area contributed by atoms with Gasteiger partial charge in [-0.25, -0.2) is 14.3 Å². The minimum atomic E-state index is -0.653. The number of para-hydroxylation sites is 2. The number of carbonyl (C=O) groups excluding carboxylic acids is 2. The molecule has 9 nitrogen and oxygen atoms in total. The van der Waals surface area contributed by atoms with Crippen LogP contribution in [0.25, 0.3) is 11.0 Å². The van der Waals surface area contributed by atoms with Crippen molar-refractivity contribution in [3.8, 4) is 0 Å². The fourth-order valence-electron chi connectivity index (χ4n) is 6.16. The third-order valence-electron chi connectivity index (χ3n) is 8.40. The standard InChI is InChI=1S/C37H38Cl2N6O3/c1-37(2,3)48-36(47)45-30-11-5-4-10-29(30)43-32(45)23-44(31-12-6-8-26-9-7-18-41-34(26)31)19-17-24-13-15-25(16-14-24)20-42-35(46)33-27(38)21-40-22-28(33)39/h4-5,7,9-11,13-16,18,21-22,31H,6,8,12,17,19-20,23H2,1-3H3,(H,42,46). The number of benzene rings is 2. The van der Waals surface area contributed by atoms with Crippen LogP contribution in [-0.2, 0) is 30.7 Å². The minimum absolute atomic E-state index is 0.0724. The molecule has 0 aliphatic heterocycles.